The summed E-state index contributed by atoms with van der Waals surface area (Å²) in [6.07, 6.45) is 4.33. The maximum atomic E-state index is 2.52. The van der Waals surface area contributed by atoms with Gasteiger partial charge in [0, 0.05) is 0 Å². The molecule has 12 aromatic carbocycles. The average molecular weight is 823 g/mol. The predicted molar refractivity (Wildman–Crippen MR) is 278 cm³/mol. The molecule has 302 valence electrons. The van der Waals surface area contributed by atoms with Gasteiger partial charge in [-0.3, -0.25) is 0 Å². The molecule has 0 saturated heterocycles. The maximum Gasteiger partial charge on any atom is -0.0000435 e. The Hall–Kier alpha value is -8.06. The molecule has 0 unspecified atom stereocenters. The van der Waals surface area contributed by atoms with Crippen LogP contribution in [0.3, 0.4) is 0 Å². The zero-order chi connectivity index (χ0) is 42.8. The number of benzene rings is 12. The molecular weight excluding hydrogens is 781 g/mol. The van der Waals surface area contributed by atoms with Gasteiger partial charge in [-0.15, -0.1) is 0 Å². The third-order valence-corrected chi connectivity index (χ3v) is 14.7. The Balaban J connectivity index is 1.11. The molecule has 0 aromatic heterocycles. The summed E-state index contributed by atoms with van der Waals surface area (Å²) < 4.78 is 0. The van der Waals surface area contributed by atoms with Crippen molar-refractivity contribution in [2.45, 2.75) is 19.8 Å². The summed E-state index contributed by atoms with van der Waals surface area (Å²) in [4.78, 5) is 0. The normalized spacial score (nSPS) is 12.8. The van der Waals surface area contributed by atoms with E-state index in [2.05, 4.69) is 219 Å². The molecule has 0 heterocycles. The lowest BCUT2D eigenvalue weighted by atomic mass is 9.82. The highest BCUT2D eigenvalue weighted by Crippen LogP contribution is 2.60. The average Bonchev–Trinajstić information content (AvgIpc) is 3.92. The minimum Gasteiger partial charge on any atom is -0.0763 e. The lowest BCUT2D eigenvalue weighted by Gasteiger charge is -2.20. The second-order valence-electron chi connectivity index (χ2n) is 17.9. The molecule has 0 bridgehead atoms. The van der Waals surface area contributed by atoms with E-state index in [-0.39, 0.29) is 0 Å². The van der Waals surface area contributed by atoms with E-state index in [9.17, 15) is 0 Å². The first-order valence-electron chi connectivity index (χ1n) is 23.1. The zero-order valence-corrected chi connectivity index (χ0v) is 36.1. The first-order chi connectivity index (χ1) is 32.3. The van der Waals surface area contributed by atoms with E-state index in [1.54, 1.807) is 0 Å². The standard InChI is InChI=1S/C65H42/c1-2-19-43-49-34-36-52-63-53(65-59(42-26-13-6-14-27-42)47-31-18-17-30-46(47)58(64(52)65)41-24-11-5-12-25-41)37-35-50(61(49)63)48-32-33-51-54(60(43)48)38-55-56(39-20-7-3-8-21-39)44-28-15-16-29-45(44)57(62(51)55)40-22-9-4-10-23-40/h3-37H,2,38H2,1H3/b43-19-. The highest BCUT2D eigenvalue weighted by molar-refractivity contribution is 6.35. The van der Waals surface area contributed by atoms with Crippen molar-refractivity contribution >= 4 is 59.9 Å². The van der Waals surface area contributed by atoms with Crippen molar-refractivity contribution in [1.29, 1.82) is 0 Å². The van der Waals surface area contributed by atoms with Crippen LogP contribution >= 0.6 is 0 Å². The SMILES string of the molecule is CC/C=c1/c2ccc3c4c(ccc(c5ccc6c(c15)Cc1c-6c(-c5ccccc5)c5ccccc5c1-c1ccccc1)c42)-c1c-3c(-c2ccccc2)c2ccccc2c1-c1ccccc1. The summed E-state index contributed by atoms with van der Waals surface area (Å²) in [5, 5.41) is 14.7. The van der Waals surface area contributed by atoms with Gasteiger partial charge in [0.15, 0.2) is 0 Å². The van der Waals surface area contributed by atoms with Crippen LogP contribution in [0, 0.1) is 0 Å². The molecular formula is C65H42. The molecule has 0 fully saturated rings. The first-order valence-corrected chi connectivity index (χ1v) is 23.1. The summed E-state index contributed by atoms with van der Waals surface area (Å²) >= 11 is 0. The first kappa shape index (κ1) is 36.4. The van der Waals surface area contributed by atoms with Crippen LogP contribution in [0.1, 0.15) is 24.5 Å². The van der Waals surface area contributed by atoms with E-state index in [1.807, 2.05) is 0 Å². The van der Waals surface area contributed by atoms with Crippen LogP contribution in [-0.4, -0.2) is 0 Å². The monoisotopic (exact) mass is 822 g/mol. The van der Waals surface area contributed by atoms with Gasteiger partial charge < -0.3 is 0 Å². The van der Waals surface area contributed by atoms with Gasteiger partial charge in [0.25, 0.3) is 0 Å². The summed E-state index contributed by atoms with van der Waals surface area (Å²) in [7, 11) is 0. The molecule has 0 radical (unpaired) electrons. The summed E-state index contributed by atoms with van der Waals surface area (Å²) in [6.45, 7) is 2.30. The molecule has 0 spiro atoms. The second kappa shape index (κ2) is 14.0. The van der Waals surface area contributed by atoms with E-state index in [4.69, 9.17) is 0 Å². The van der Waals surface area contributed by atoms with Crippen molar-refractivity contribution < 1.29 is 0 Å². The third kappa shape index (κ3) is 5.03. The minimum absolute atomic E-state index is 0.872. The molecule has 2 aliphatic rings. The van der Waals surface area contributed by atoms with Crippen molar-refractivity contribution in [2.24, 2.45) is 0 Å². The Bertz CT molecular complexity index is 3920. The third-order valence-electron chi connectivity index (χ3n) is 14.7. The van der Waals surface area contributed by atoms with E-state index < -0.39 is 0 Å². The molecule has 0 saturated carbocycles. The number of rotatable bonds is 5. The van der Waals surface area contributed by atoms with Crippen molar-refractivity contribution in [3.63, 3.8) is 0 Å². The molecule has 0 N–H and O–H groups in total. The fourth-order valence-electron chi connectivity index (χ4n) is 12.3. The second-order valence-corrected chi connectivity index (χ2v) is 17.9. The fraction of sp³-hybridized carbons (Fsp3) is 0.0462. The minimum atomic E-state index is 0.872. The zero-order valence-electron chi connectivity index (χ0n) is 36.1. The van der Waals surface area contributed by atoms with Gasteiger partial charge in [-0.2, -0.15) is 0 Å². The van der Waals surface area contributed by atoms with E-state index in [1.165, 1.54) is 148 Å². The van der Waals surface area contributed by atoms with Crippen LogP contribution in [0.5, 0.6) is 0 Å². The Labute approximate surface area is 378 Å². The smallest absolute Gasteiger partial charge is 0.0000435 e. The largest absolute Gasteiger partial charge is 0.0763 e. The topological polar surface area (TPSA) is 0 Å². The predicted octanol–water partition coefficient (Wildman–Crippen LogP) is 17.2. The maximum absolute atomic E-state index is 2.52. The van der Waals surface area contributed by atoms with Crippen molar-refractivity contribution in [1.82, 2.24) is 0 Å². The highest BCUT2D eigenvalue weighted by atomic mass is 14.4. The van der Waals surface area contributed by atoms with Crippen LogP contribution in [-0.2, 0) is 6.42 Å². The van der Waals surface area contributed by atoms with Crippen LogP contribution in [0.25, 0.3) is 138 Å². The van der Waals surface area contributed by atoms with Crippen molar-refractivity contribution in [2.75, 3.05) is 0 Å². The molecule has 12 aromatic rings. The quantitative estimate of drug-likeness (QED) is 0.120. The lowest BCUT2D eigenvalue weighted by molar-refractivity contribution is 1.28. The number of fused-ring (bicyclic) bond motifs is 11. The van der Waals surface area contributed by atoms with Crippen molar-refractivity contribution in [3.05, 3.63) is 223 Å². The number of hydrogen-bond acceptors (Lipinski definition) is 0. The molecule has 2 aliphatic carbocycles. The van der Waals surface area contributed by atoms with Crippen LogP contribution in [0.15, 0.2) is 206 Å². The summed E-state index contributed by atoms with van der Waals surface area (Å²) in [6, 6.07) is 77.3. The van der Waals surface area contributed by atoms with E-state index in [0.717, 1.165) is 12.8 Å². The molecule has 0 nitrogen and oxygen atoms in total. The van der Waals surface area contributed by atoms with Gasteiger partial charge in [-0.25, -0.2) is 0 Å². The lowest BCUT2D eigenvalue weighted by Crippen LogP contribution is -2.08. The summed E-state index contributed by atoms with van der Waals surface area (Å²) in [5.74, 6) is 0. The van der Waals surface area contributed by atoms with Gasteiger partial charge in [-0.05, 0) is 161 Å². The molecule has 0 amide bonds. The molecule has 0 atom stereocenters. The van der Waals surface area contributed by atoms with Crippen LogP contribution in [0.2, 0.25) is 0 Å². The van der Waals surface area contributed by atoms with Crippen molar-refractivity contribution in [3.8, 4) is 77.9 Å². The van der Waals surface area contributed by atoms with E-state index >= 15 is 0 Å². The summed E-state index contributed by atoms with van der Waals surface area (Å²) in [5.41, 5.74) is 21.3. The van der Waals surface area contributed by atoms with Gasteiger partial charge in [0.2, 0.25) is 0 Å². The molecule has 65 heavy (non-hydrogen) atoms. The van der Waals surface area contributed by atoms with Gasteiger partial charge >= 0.3 is 0 Å². The Morgan fingerprint density at radius 1 is 0.292 bits per heavy atom. The fourth-order valence-corrected chi connectivity index (χ4v) is 12.3. The van der Waals surface area contributed by atoms with Crippen LogP contribution in [0.4, 0.5) is 0 Å². The van der Waals surface area contributed by atoms with Gasteiger partial charge in [0.05, 0.1) is 0 Å². The van der Waals surface area contributed by atoms with Crippen LogP contribution < -0.4 is 5.22 Å². The van der Waals surface area contributed by atoms with E-state index in [0.29, 0.717) is 0 Å². The molecule has 0 aliphatic heterocycles. The highest BCUT2D eigenvalue weighted by Gasteiger charge is 2.34. The Morgan fingerprint density at radius 3 is 1.15 bits per heavy atom. The van der Waals surface area contributed by atoms with Gasteiger partial charge in [-0.1, -0.05) is 219 Å². The van der Waals surface area contributed by atoms with Gasteiger partial charge in [0.1, 0.15) is 0 Å². The Kier molecular flexibility index (Phi) is 7.83. The molecule has 0 heteroatoms. The molecule has 14 rings (SSSR count). The number of hydrogen-bond donors (Lipinski definition) is 0. The Morgan fingerprint density at radius 2 is 0.677 bits per heavy atom.